The average molecular weight is 452 g/mol. The number of thioether (sulfide) groups is 1. The van der Waals surface area contributed by atoms with Gasteiger partial charge in [0.2, 0.25) is 11.8 Å². The first kappa shape index (κ1) is 21.5. The number of amides is 2. The lowest BCUT2D eigenvalue weighted by atomic mass is 10.2. The predicted octanol–water partition coefficient (Wildman–Crippen LogP) is 4.98. The fourth-order valence-electron chi connectivity index (χ4n) is 2.70. The Morgan fingerprint density at radius 1 is 1.21 bits per heavy atom. The van der Waals surface area contributed by atoms with Crippen LogP contribution in [0.2, 0.25) is 10.0 Å². The summed E-state index contributed by atoms with van der Waals surface area (Å²) in [5.41, 5.74) is 1.19. The van der Waals surface area contributed by atoms with Gasteiger partial charge in [-0.15, -0.1) is 0 Å². The zero-order valence-corrected chi connectivity index (χ0v) is 18.1. The Balaban J connectivity index is 1.65. The van der Waals surface area contributed by atoms with Crippen LogP contribution < -0.4 is 10.1 Å². The number of benzene rings is 2. The number of carbonyl (C=O) groups excluding carboxylic acids is 2. The van der Waals surface area contributed by atoms with Gasteiger partial charge in [-0.25, -0.2) is 4.99 Å². The molecule has 0 unspecified atom stereocenters. The van der Waals surface area contributed by atoms with Gasteiger partial charge in [0.15, 0.2) is 5.17 Å². The number of ether oxygens (including phenoxy) is 1. The van der Waals surface area contributed by atoms with Gasteiger partial charge in [0.05, 0.1) is 12.3 Å². The van der Waals surface area contributed by atoms with Crippen molar-refractivity contribution in [3.05, 3.63) is 52.5 Å². The fourth-order valence-corrected chi connectivity index (χ4v) is 4.38. The summed E-state index contributed by atoms with van der Waals surface area (Å²) in [6.07, 6.45) is 0.0142. The van der Waals surface area contributed by atoms with Crippen LogP contribution in [0.1, 0.15) is 13.3 Å². The summed E-state index contributed by atoms with van der Waals surface area (Å²) in [7, 11) is 1.65. The number of rotatable bonds is 6. The minimum atomic E-state index is -0.545. The maximum Gasteiger partial charge on any atom is 0.242 e. The van der Waals surface area contributed by atoms with Crippen LogP contribution in [0.5, 0.6) is 5.75 Å². The monoisotopic (exact) mass is 451 g/mol. The summed E-state index contributed by atoms with van der Waals surface area (Å²) in [6.45, 7) is 2.51. The summed E-state index contributed by atoms with van der Waals surface area (Å²) < 4.78 is 5.41. The SMILES string of the molecule is CCOc1ccc(N=C2S[C@@H](CC(=O)Nc3cc(Cl)cc(Cl)c3)C(=O)N2C)cc1. The number of hydrogen-bond donors (Lipinski definition) is 1. The van der Waals surface area contributed by atoms with Gasteiger partial charge >= 0.3 is 0 Å². The highest BCUT2D eigenvalue weighted by atomic mass is 35.5. The third-order valence-corrected chi connectivity index (χ3v) is 5.70. The second kappa shape index (κ2) is 9.52. The van der Waals surface area contributed by atoms with Crippen LogP contribution in [0.15, 0.2) is 47.5 Å². The quantitative estimate of drug-likeness (QED) is 0.671. The van der Waals surface area contributed by atoms with Gasteiger partial charge in [0, 0.05) is 29.2 Å². The van der Waals surface area contributed by atoms with Crippen LogP contribution in [0.3, 0.4) is 0 Å². The summed E-state index contributed by atoms with van der Waals surface area (Å²) in [5, 5.41) is 3.56. The molecule has 2 amide bonds. The zero-order chi connectivity index (χ0) is 21.0. The summed E-state index contributed by atoms with van der Waals surface area (Å²) in [5.74, 6) is 0.291. The van der Waals surface area contributed by atoms with Crippen molar-refractivity contribution in [2.24, 2.45) is 4.99 Å². The topological polar surface area (TPSA) is 71.0 Å². The minimum Gasteiger partial charge on any atom is -0.494 e. The first-order chi connectivity index (χ1) is 13.9. The van der Waals surface area contributed by atoms with E-state index in [2.05, 4.69) is 10.3 Å². The number of carbonyl (C=O) groups is 2. The summed E-state index contributed by atoms with van der Waals surface area (Å²) >= 11 is 13.2. The van der Waals surface area contributed by atoms with Crippen molar-refractivity contribution in [3.8, 4) is 5.75 Å². The lowest BCUT2D eigenvalue weighted by molar-refractivity contribution is -0.127. The van der Waals surface area contributed by atoms with Crippen LogP contribution in [0.4, 0.5) is 11.4 Å². The molecular weight excluding hydrogens is 433 g/mol. The molecule has 6 nitrogen and oxygen atoms in total. The molecule has 9 heteroatoms. The van der Waals surface area contributed by atoms with E-state index in [1.165, 1.54) is 16.7 Å². The standard InChI is InChI=1S/C20H19Cl2N3O3S/c1-3-28-16-6-4-14(5-7-16)24-20-25(2)19(27)17(29-20)11-18(26)23-15-9-12(21)8-13(22)10-15/h4-10,17H,3,11H2,1-2H3,(H,23,26)/t17-/m0/s1. The Kier molecular flexibility index (Phi) is 7.05. The Labute approximate surface area is 183 Å². The van der Waals surface area contributed by atoms with Gasteiger partial charge in [-0.05, 0) is 49.4 Å². The van der Waals surface area contributed by atoms with Crippen molar-refractivity contribution in [3.63, 3.8) is 0 Å². The number of nitrogens with zero attached hydrogens (tertiary/aromatic N) is 2. The maximum atomic E-state index is 12.5. The van der Waals surface area contributed by atoms with E-state index in [1.54, 1.807) is 25.2 Å². The molecule has 1 fully saturated rings. The maximum absolute atomic E-state index is 12.5. The number of nitrogens with one attached hydrogen (secondary N) is 1. The molecule has 1 atom stereocenters. The highest BCUT2D eigenvalue weighted by molar-refractivity contribution is 8.15. The molecule has 2 aromatic carbocycles. The number of hydrogen-bond acceptors (Lipinski definition) is 5. The molecule has 1 aliphatic heterocycles. The normalized spacial score (nSPS) is 17.7. The third-order valence-electron chi connectivity index (χ3n) is 4.03. The van der Waals surface area contributed by atoms with Gasteiger partial charge < -0.3 is 10.1 Å². The lowest BCUT2D eigenvalue weighted by Crippen LogP contribution is -2.30. The van der Waals surface area contributed by atoms with Crippen molar-refractivity contribution in [2.45, 2.75) is 18.6 Å². The van der Waals surface area contributed by atoms with E-state index >= 15 is 0 Å². The molecule has 0 bridgehead atoms. The highest BCUT2D eigenvalue weighted by Crippen LogP contribution is 2.31. The van der Waals surface area contributed by atoms with Gasteiger partial charge in [-0.2, -0.15) is 0 Å². The molecule has 2 aromatic rings. The molecule has 0 aliphatic carbocycles. The number of amidine groups is 1. The van der Waals surface area contributed by atoms with E-state index in [0.29, 0.717) is 33.2 Å². The van der Waals surface area contributed by atoms with Crippen LogP contribution in [-0.4, -0.2) is 40.8 Å². The molecule has 0 spiro atoms. The van der Waals surface area contributed by atoms with Gasteiger partial charge in [0.1, 0.15) is 11.0 Å². The van der Waals surface area contributed by atoms with E-state index in [1.807, 2.05) is 31.2 Å². The van der Waals surface area contributed by atoms with Crippen molar-refractivity contribution in [1.29, 1.82) is 0 Å². The fraction of sp³-hybridized carbons (Fsp3) is 0.250. The molecule has 1 saturated heterocycles. The molecule has 1 heterocycles. The summed E-state index contributed by atoms with van der Waals surface area (Å²) in [6, 6.07) is 12.1. The predicted molar refractivity (Wildman–Crippen MR) is 119 cm³/mol. The Morgan fingerprint density at radius 3 is 2.48 bits per heavy atom. The zero-order valence-electron chi connectivity index (χ0n) is 15.8. The first-order valence-corrected chi connectivity index (χ1v) is 10.5. The largest absolute Gasteiger partial charge is 0.494 e. The Morgan fingerprint density at radius 2 is 1.86 bits per heavy atom. The van der Waals surface area contributed by atoms with Crippen molar-refractivity contribution < 1.29 is 14.3 Å². The van der Waals surface area contributed by atoms with E-state index < -0.39 is 5.25 Å². The van der Waals surface area contributed by atoms with Crippen LogP contribution in [-0.2, 0) is 9.59 Å². The van der Waals surface area contributed by atoms with Crippen LogP contribution in [0, 0.1) is 0 Å². The van der Waals surface area contributed by atoms with Crippen molar-refractivity contribution >= 4 is 63.3 Å². The Bertz CT molecular complexity index is 930. The number of aliphatic imine (C=N–C) groups is 1. The van der Waals surface area contributed by atoms with Gasteiger partial charge in [-0.3, -0.25) is 14.5 Å². The second-order valence-corrected chi connectivity index (χ2v) is 8.28. The molecule has 1 N–H and O–H groups in total. The van der Waals surface area contributed by atoms with Crippen molar-refractivity contribution in [1.82, 2.24) is 4.90 Å². The van der Waals surface area contributed by atoms with E-state index in [-0.39, 0.29) is 18.2 Å². The highest BCUT2D eigenvalue weighted by Gasteiger charge is 2.37. The van der Waals surface area contributed by atoms with Crippen molar-refractivity contribution in [2.75, 3.05) is 19.0 Å². The molecule has 152 valence electrons. The van der Waals surface area contributed by atoms with E-state index in [4.69, 9.17) is 27.9 Å². The van der Waals surface area contributed by atoms with E-state index in [0.717, 1.165) is 5.75 Å². The van der Waals surface area contributed by atoms with Crippen LogP contribution >= 0.6 is 35.0 Å². The molecule has 3 rings (SSSR count). The smallest absolute Gasteiger partial charge is 0.242 e. The van der Waals surface area contributed by atoms with E-state index in [9.17, 15) is 9.59 Å². The number of halogens is 2. The van der Waals surface area contributed by atoms with Crippen LogP contribution in [0.25, 0.3) is 0 Å². The molecule has 0 radical (unpaired) electrons. The molecule has 29 heavy (non-hydrogen) atoms. The average Bonchev–Trinajstić information content (AvgIpc) is 2.90. The van der Waals surface area contributed by atoms with Gasteiger partial charge in [-0.1, -0.05) is 35.0 Å². The summed E-state index contributed by atoms with van der Waals surface area (Å²) in [4.78, 5) is 30.9. The number of anilines is 1. The Hall–Kier alpha value is -2.22. The third kappa shape index (κ3) is 5.65. The molecule has 0 aromatic heterocycles. The molecule has 1 aliphatic rings. The minimum absolute atomic E-state index is 0.0142. The molecular formula is C20H19Cl2N3O3S. The van der Waals surface area contributed by atoms with Gasteiger partial charge in [0.25, 0.3) is 0 Å². The molecule has 0 saturated carbocycles. The lowest BCUT2D eigenvalue weighted by Gasteiger charge is -2.10. The second-order valence-electron chi connectivity index (χ2n) is 6.24. The first-order valence-electron chi connectivity index (χ1n) is 8.87.